The third-order valence-corrected chi connectivity index (χ3v) is 5.89. The van der Waals surface area contributed by atoms with E-state index in [-0.39, 0.29) is 0 Å². The van der Waals surface area contributed by atoms with E-state index in [0.717, 1.165) is 59.7 Å². The van der Waals surface area contributed by atoms with E-state index in [2.05, 4.69) is 58.1 Å². The van der Waals surface area contributed by atoms with Crippen LogP contribution in [-0.4, -0.2) is 53.2 Å². The van der Waals surface area contributed by atoms with Crippen LogP contribution in [0.15, 0.2) is 54.9 Å². The third-order valence-electron chi connectivity index (χ3n) is 5.89. The molecule has 0 saturated carbocycles. The van der Waals surface area contributed by atoms with Crippen molar-refractivity contribution < 1.29 is 9.53 Å². The molecule has 10 heteroatoms. The first-order chi connectivity index (χ1) is 18.3. The molecule has 2 aromatic heterocycles. The van der Waals surface area contributed by atoms with E-state index in [4.69, 9.17) is 14.8 Å². The minimum absolute atomic E-state index is 0.399. The standard InChI is InChI=1S/C28H36N8O2/c1-5-6-13-26-31-25(12-9-18-29-27(37)38-28(2,3)4)32-35(26)19-21-14-16-22(17-15-21)23-10-7-8-11-24(23)36-20-30-33-34-36/h7-8,10-11,14-17,20H,5-6,9,12-13,18-19H2,1-4H3,(H,29,37). The molecule has 200 valence electrons. The molecule has 0 fully saturated rings. The van der Waals surface area contributed by atoms with E-state index in [1.54, 1.807) is 11.0 Å². The number of aromatic nitrogens is 7. The van der Waals surface area contributed by atoms with Crippen LogP contribution < -0.4 is 5.32 Å². The molecule has 2 aromatic carbocycles. The smallest absolute Gasteiger partial charge is 0.407 e. The number of rotatable bonds is 11. The zero-order valence-corrected chi connectivity index (χ0v) is 22.6. The zero-order chi connectivity index (χ0) is 27.0. The number of aryl methyl sites for hydroxylation is 2. The Bertz CT molecular complexity index is 1310. The van der Waals surface area contributed by atoms with E-state index in [9.17, 15) is 4.79 Å². The highest BCUT2D eigenvalue weighted by atomic mass is 16.6. The SMILES string of the molecule is CCCCc1nc(CCCNC(=O)OC(C)(C)C)nn1Cc1ccc(-c2ccccc2-n2cnnn2)cc1. The Morgan fingerprint density at radius 2 is 1.82 bits per heavy atom. The molecule has 0 saturated heterocycles. The summed E-state index contributed by atoms with van der Waals surface area (Å²) in [6, 6.07) is 16.5. The van der Waals surface area contributed by atoms with Gasteiger partial charge >= 0.3 is 6.09 Å². The Hall–Kier alpha value is -4.08. The fraction of sp³-hybridized carbons (Fsp3) is 0.429. The highest BCUT2D eigenvalue weighted by molar-refractivity contribution is 5.72. The number of tetrazole rings is 1. The van der Waals surface area contributed by atoms with Gasteiger partial charge in [-0.25, -0.2) is 14.5 Å². The lowest BCUT2D eigenvalue weighted by atomic mass is 10.0. The first-order valence-electron chi connectivity index (χ1n) is 13.1. The maximum Gasteiger partial charge on any atom is 0.407 e. The van der Waals surface area contributed by atoms with Gasteiger partial charge in [0.2, 0.25) is 0 Å². The molecule has 4 rings (SSSR count). The summed E-state index contributed by atoms with van der Waals surface area (Å²) in [6.07, 6.45) is 5.67. The van der Waals surface area contributed by atoms with Gasteiger partial charge in [0, 0.05) is 24.9 Å². The van der Waals surface area contributed by atoms with Crippen LogP contribution in [0.25, 0.3) is 16.8 Å². The lowest BCUT2D eigenvalue weighted by Crippen LogP contribution is -2.33. The summed E-state index contributed by atoms with van der Waals surface area (Å²) < 4.78 is 8.97. The van der Waals surface area contributed by atoms with Gasteiger partial charge in [0.1, 0.15) is 17.8 Å². The lowest BCUT2D eigenvalue weighted by Gasteiger charge is -2.19. The second-order valence-corrected chi connectivity index (χ2v) is 10.2. The Balaban J connectivity index is 1.41. The molecule has 0 aliphatic carbocycles. The Morgan fingerprint density at radius 1 is 1.03 bits per heavy atom. The maximum atomic E-state index is 11.9. The van der Waals surface area contributed by atoms with E-state index >= 15 is 0 Å². The molecule has 38 heavy (non-hydrogen) atoms. The predicted octanol–water partition coefficient (Wildman–Crippen LogP) is 4.77. The summed E-state index contributed by atoms with van der Waals surface area (Å²) in [7, 11) is 0. The zero-order valence-electron chi connectivity index (χ0n) is 22.6. The minimum Gasteiger partial charge on any atom is -0.444 e. The molecule has 0 radical (unpaired) electrons. The molecule has 10 nitrogen and oxygen atoms in total. The van der Waals surface area contributed by atoms with Gasteiger partial charge in [0.25, 0.3) is 0 Å². The summed E-state index contributed by atoms with van der Waals surface area (Å²) in [4.78, 5) is 16.7. The Kier molecular flexibility index (Phi) is 8.83. The van der Waals surface area contributed by atoms with Crippen molar-refractivity contribution in [2.24, 2.45) is 0 Å². The molecule has 0 aliphatic heterocycles. The van der Waals surface area contributed by atoms with E-state index in [1.807, 2.05) is 43.7 Å². The Labute approximate surface area is 223 Å². The molecule has 1 N–H and O–H groups in total. The third kappa shape index (κ3) is 7.47. The number of ether oxygens (including phenoxy) is 1. The average molecular weight is 517 g/mol. The van der Waals surface area contributed by atoms with Crippen molar-refractivity contribution in [3.63, 3.8) is 0 Å². The molecular weight excluding hydrogens is 480 g/mol. The van der Waals surface area contributed by atoms with Crippen molar-refractivity contribution in [2.45, 2.75) is 71.9 Å². The van der Waals surface area contributed by atoms with Crippen molar-refractivity contribution in [3.05, 3.63) is 72.1 Å². The van der Waals surface area contributed by atoms with Crippen molar-refractivity contribution in [1.82, 2.24) is 40.3 Å². The molecular formula is C28H36N8O2. The number of hydrogen-bond acceptors (Lipinski definition) is 7. The number of hydrogen-bond donors (Lipinski definition) is 1. The molecule has 0 aliphatic rings. The number of nitrogens with zero attached hydrogens (tertiary/aromatic N) is 7. The number of para-hydroxylation sites is 1. The van der Waals surface area contributed by atoms with Crippen LogP contribution in [0, 0.1) is 0 Å². The average Bonchev–Trinajstić information content (AvgIpc) is 3.55. The highest BCUT2D eigenvalue weighted by Gasteiger charge is 2.16. The summed E-state index contributed by atoms with van der Waals surface area (Å²) >= 11 is 0. The van der Waals surface area contributed by atoms with Gasteiger partial charge in [-0.1, -0.05) is 55.8 Å². The number of benzene rings is 2. The van der Waals surface area contributed by atoms with Crippen LogP contribution in [0.3, 0.4) is 0 Å². The molecule has 0 spiro atoms. The topological polar surface area (TPSA) is 113 Å². The summed E-state index contributed by atoms with van der Waals surface area (Å²) in [5.74, 6) is 1.80. The van der Waals surface area contributed by atoms with Crippen LogP contribution in [0.5, 0.6) is 0 Å². The van der Waals surface area contributed by atoms with Crippen LogP contribution in [0.4, 0.5) is 4.79 Å². The minimum atomic E-state index is -0.505. The van der Waals surface area contributed by atoms with Gasteiger partial charge in [-0.2, -0.15) is 9.78 Å². The number of carbonyl (C=O) groups is 1. The largest absolute Gasteiger partial charge is 0.444 e. The molecule has 1 amide bonds. The predicted molar refractivity (Wildman–Crippen MR) is 145 cm³/mol. The van der Waals surface area contributed by atoms with E-state index < -0.39 is 11.7 Å². The molecule has 4 aromatic rings. The molecule has 0 unspecified atom stereocenters. The quantitative estimate of drug-likeness (QED) is 0.286. The normalized spacial score (nSPS) is 11.5. The molecule has 0 atom stereocenters. The van der Waals surface area contributed by atoms with Gasteiger partial charge < -0.3 is 10.1 Å². The van der Waals surface area contributed by atoms with Crippen LogP contribution in [0.1, 0.15) is 64.2 Å². The van der Waals surface area contributed by atoms with E-state index in [0.29, 0.717) is 19.5 Å². The first kappa shape index (κ1) is 27.0. The van der Waals surface area contributed by atoms with Gasteiger partial charge in [-0.05, 0) is 61.2 Å². The van der Waals surface area contributed by atoms with E-state index in [1.165, 1.54) is 0 Å². The van der Waals surface area contributed by atoms with Crippen molar-refractivity contribution in [1.29, 1.82) is 0 Å². The fourth-order valence-electron chi connectivity index (χ4n) is 4.08. The van der Waals surface area contributed by atoms with Crippen LogP contribution in [0.2, 0.25) is 0 Å². The second kappa shape index (κ2) is 12.4. The number of nitrogens with one attached hydrogen (secondary N) is 1. The maximum absolute atomic E-state index is 11.9. The summed E-state index contributed by atoms with van der Waals surface area (Å²) in [6.45, 7) is 8.90. The fourth-order valence-corrected chi connectivity index (χ4v) is 4.08. The number of unbranched alkanes of at least 4 members (excludes halogenated alkanes) is 1. The van der Waals surface area contributed by atoms with Crippen molar-refractivity contribution in [3.8, 4) is 16.8 Å². The van der Waals surface area contributed by atoms with Crippen LogP contribution >= 0.6 is 0 Å². The molecule has 0 bridgehead atoms. The van der Waals surface area contributed by atoms with Crippen LogP contribution in [-0.2, 0) is 24.1 Å². The lowest BCUT2D eigenvalue weighted by molar-refractivity contribution is 0.0527. The number of alkyl carbamates (subject to hydrolysis) is 1. The van der Waals surface area contributed by atoms with Crippen molar-refractivity contribution >= 4 is 6.09 Å². The van der Waals surface area contributed by atoms with Gasteiger partial charge in [0.05, 0.1) is 12.2 Å². The van der Waals surface area contributed by atoms with Gasteiger partial charge in [-0.3, -0.25) is 0 Å². The second-order valence-electron chi connectivity index (χ2n) is 10.2. The van der Waals surface area contributed by atoms with Crippen molar-refractivity contribution in [2.75, 3.05) is 6.54 Å². The highest BCUT2D eigenvalue weighted by Crippen LogP contribution is 2.26. The molecule has 2 heterocycles. The number of amides is 1. The number of carbonyl (C=O) groups excluding carboxylic acids is 1. The van der Waals surface area contributed by atoms with Gasteiger partial charge in [0.15, 0.2) is 5.82 Å². The van der Waals surface area contributed by atoms with Gasteiger partial charge in [-0.15, -0.1) is 5.10 Å². The Morgan fingerprint density at radius 3 is 2.53 bits per heavy atom. The summed E-state index contributed by atoms with van der Waals surface area (Å²) in [5, 5.41) is 19.2. The first-order valence-corrected chi connectivity index (χ1v) is 13.1. The monoisotopic (exact) mass is 516 g/mol. The summed E-state index contributed by atoms with van der Waals surface area (Å²) in [5.41, 5.74) is 3.71.